The van der Waals surface area contributed by atoms with Crippen LogP contribution in [0.4, 0.5) is 0 Å². The van der Waals surface area contributed by atoms with Gasteiger partial charge in [-0.3, -0.25) is 18.9 Å². The second-order valence-corrected chi connectivity index (χ2v) is 12.9. The summed E-state index contributed by atoms with van der Waals surface area (Å²) in [7, 11) is -7.33. The Bertz CT molecular complexity index is 1250. The monoisotopic (exact) mass is 642 g/mol. The van der Waals surface area contributed by atoms with Gasteiger partial charge in [0.25, 0.3) is 20.2 Å². The van der Waals surface area contributed by atoms with E-state index in [4.69, 9.17) is 9.11 Å². The Kier molecular flexibility index (Phi) is 13.2. The van der Waals surface area contributed by atoms with Gasteiger partial charge < -0.3 is 5.11 Å². The van der Waals surface area contributed by atoms with Crippen molar-refractivity contribution in [3.63, 3.8) is 0 Å². The number of hydrogen-bond acceptors (Lipinski definition) is 7. The summed E-state index contributed by atoms with van der Waals surface area (Å²) in [5.41, 5.74) is 3.64. The molecule has 0 spiro atoms. The molecule has 3 aromatic carbocycles. The zero-order valence-electron chi connectivity index (χ0n) is 21.8. The van der Waals surface area contributed by atoms with Crippen molar-refractivity contribution < 1.29 is 31.0 Å². The summed E-state index contributed by atoms with van der Waals surface area (Å²) in [6.07, 6.45) is 0.980. The maximum Gasteiger partial charge on any atom is 0.261 e. The van der Waals surface area contributed by atoms with Gasteiger partial charge in [0.15, 0.2) is 0 Å². The molecule has 1 saturated heterocycles. The molecule has 1 atom stereocenters. The van der Waals surface area contributed by atoms with Crippen LogP contribution in [0.3, 0.4) is 0 Å². The number of piperazine rings is 1. The molecule has 0 amide bonds. The highest BCUT2D eigenvalue weighted by molar-refractivity contribution is 9.10. The molecule has 39 heavy (non-hydrogen) atoms. The first-order valence-electron chi connectivity index (χ1n) is 12.1. The van der Waals surface area contributed by atoms with Crippen LogP contribution >= 0.6 is 15.9 Å². The lowest BCUT2D eigenvalue weighted by Gasteiger charge is -2.40. The summed E-state index contributed by atoms with van der Waals surface area (Å²) in [5, 5.41) is 10.6. The molecule has 1 aliphatic rings. The lowest BCUT2D eigenvalue weighted by Crippen LogP contribution is -2.48. The summed E-state index contributed by atoms with van der Waals surface area (Å²) < 4.78 is 52.8. The highest BCUT2D eigenvalue weighted by atomic mass is 79.9. The van der Waals surface area contributed by atoms with E-state index in [1.165, 1.54) is 11.1 Å². The number of aliphatic hydroxyl groups excluding tert-OH is 1. The van der Waals surface area contributed by atoms with Crippen molar-refractivity contribution in [2.45, 2.75) is 12.1 Å². The molecule has 1 aliphatic heterocycles. The fraction of sp³-hybridized carbons (Fsp3) is 0.333. The second-order valence-electron chi connectivity index (χ2n) is 9.09. The Morgan fingerprint density at radius 3 is 1.46 bits per heavy atom. The number of nitrogens with zero attached hydrogens (tertiary/aromatic N) is 2. The average Bonchev–Trinajstić information content (AvgIpc) is 2.85. The minimum atomic E-state index is -3.67. The van der Waals surface area contributed by atoms with Gasteiger partial charge in [0.05, 0.1) is 24.7 Å². The molecular formula is C27H35BrN2O7S2. The van der Waals surface area contributed by atoms with Crippen LogP contribution in [0, 0.1) is 0 Å². The highest BCUT2D eigenvalue weighted by Gasteiger charge is 2.27. The summed E-state index contributed by atoms with van der Waals surface area (Å²) in [6, 6.07) is 29.8. The minimum Gasteiger partial charge on any atom is -0.387 e. The molecule has 0 saturated carbocycles. The molecule has 214 valence electrons. The van der Waals surface area contributed by atoms with Gasteiger partial charge in [0, 0.05) is 37.2 Å². The molecule has 1 heterocycles. The van der Waals surface area contributed by atoms with Crippen molar-refractivity contribution in [3.8, 4) is 0 Å². The quantitative estimate of drug-likeness (QED) is 0.342. The fourth-order valence-electron chi connectivity index (χ4n) is 4.12. The van der Waals surface area contributed by atoms with Crippen molar-refractivity contribution in [2.24, 2.45) is 0 Å². The third-order valence-corrected chi connectivity index (χ3v) is 6.22. The zero-order chi connectivity index (χ0) is 29.1. The third-order valence-electron chi connectivity index (χ3n) is 5.69. The number of benzene rings is 3. The molecule has 1 unspecified atom stereocenters. The second kappa shape index (κ2) is 15.6. The van der Waals surface area contributed by atoms with Gasteiger partial charge in [-0.05, 0) is 28.8 Å². The molecular weight excluding hydrogens is 608 g/mol. The van der Waals surface area contributed by atoms with E-state index >= 15 is 0 Å². The van der Waals surface area contributed by atoms with Gasteiger partial charge in [-0.1, -0.05) is 88.7 Å². The van der Waals surface area contributed by atoms with Crippen LogP contribution < -0.4 is 0 Å². The molecule has 9 nitrogen and oxygen atoms in total. The highest BCUT2D eigenvalue weighted by Crippen LogP contribution is 2.29. The van der Waals surface area contributed by atoms with Gasteiger partial charge in [-0.15, -0.1) is 0 Å². The summed E-state index contributed by atoms with van der Waals surface area (Å²) >= 11 is 3.45. The first kappa shape index (κ1) is 33.0. The van der Waals surface area contributed by atoms with Crippen LogP contribution in [-0.2, 0) is 20.2 Å². The number of rotatable bonds is 6. The predicted octanol–water partition coefficient (Wildman–Crippen LogP) is 3.90. The Balaban J connectivity index is 0.000000458. The largest absolute Gasteiger partial charge is 0.387 e. The molecule has 1 fully saturated rings. The van der Waals surface area contributed by atoms with Gasteiger partial charge in [0.1, 0.15) is 0 Å². The van der Waals surface area contributed by atoms with E-state index in [1.54, 1.807) is 0 Å². The number of aliphatic hydroxyl groups is 1. The van der Waals surface area contributed by atoms with E-state index in [2.05, 4.69) is 86.4 Å². The van der Waals surface area contributed by atoms with Crippen molar-refractivity contribution in [2.75, 3.05) is 45.2 Å². The van der Waals surface area contributed by atoms with E-state index in [9.17, 15) is 21.9 Å². The Hall–Kier alpha value is -2.16. The summed E-state index contributed by atoms with van der Waals surface area (Å²) in [5.74, 6) is 0. The van der Waals surface area contributed by atoms with E-state index < -0.39 is 26.3 Å². The Labute approximate surface area is 239 Å². The van der Waals surface area contributed by atoms with Crippen molar-refractivity contribution in [1.29, 1.82) is 0 Å². The molecule has 4 rings (SSSR count). The first-order valence-corrected chi connectivity index (χ1v) is 16.5. The van der Waals surface area contributed by atoms with Crippen molar-refractivity contribution in [3.05, 3.63) is 106 Å². The SMILES string of the molecule is CS(=O)(=O)O.CS(=O)(=O)O.OC(CN1CCN(C(c2ccccc2)c2ccccc2)CC1)c1ccc(Br)cc1. The standard InChI is InChI=1S/C25H27BrN2O.2CH4O3S/c26-23-13-11-20(12-14-23)24(29)19-27-15-17-28(18-16-27)25(21-7-3-1-4-8-21)22-9-5-2-6-10-22;2*1-5(2,3)4/h1-14,24-25,29H,15-19H2;2*1H3,(H,2,3,4). The van der Waals surface area contributed by atoms with Crippen LogP contribution in [0.25, 0.3) is 0 Å². The minimum absolute atomic E-state index is 0.274. The van der Waals surface area contributed by atoms with Crippen LogP contribution in [0.5, 0.6) is 0 Å². The van der Waals surface area contributed by atoms with Gasteiger partial charge in [-0.25, -0.2) is 0 Å². The van der Waals surface area contributed by atoms with Crippen LogP contribution in [0.15, 0.2) is 89.4 Å². The van der Waals surface area contributed by atoms with Crippen LogP contribution in [0.2, 0.25) is 0 Å². The smallest absolute Gasteiger partial charge is 0.261 e. The molecule has 3 aromatic rings. The van der Waals surface area contributed by atoms with Gasteiger partial charge >= 0.3 is 0 Å². The molecule has 12 heteroatoms. The van der Waals surface area contributed by atoms with Crippen molar-refractivity contribution >= 4 is 36.2 Å². The number of halogens is 1. The molecule has 0 aliphatic carbocycles. The predicted molar refractivity (Wildman–Crippen MR) is 157 cm³/mol. The van der Waals surface area contributed by atoms with Crippen LogP contribution in [0.1, 0.15) is 28.8 Å². The van der Waals surface area contributed by atoms with Gasteiger partial charge in [-0.2, -0.15) is 16.8 Å². The lowest BCUT2D eigenvalue weighted by atomic mass is 9.96. The fourth-order valence-corrected chi connectivity index (χ4v) is 4.39. The van der Waals surface area contributed by atoms with E-state index in [1.807, 2.05) is 24.3 Å². The lowest BCUT2D eigenvalue weighted by molar-refractivity contribution is 0.0623. The molecule has 0 radical (unpaired) electrons. The zero-order valence-corrected chi connectivity index (χ0v) is 25.1. The average molecular weight is 644 g/mol. The number of hydrogen-bond donors (Lipinski definition) is 3. The maximum absolute atomic E-state index is 10.6. The molecule has 3 N–H and O–H groups in total. The van der Waals surface area contributed by atoms with E-state index in [-0.39, 0.29) is 6.04 Å². The van der Waals surface area contributed by atoms with Crippen molar-refractivity contribution in [1.82, 2.24) is 9.80 Å². The van der Waals surface area contributed by atoms with E-state index in [0.717, 1.165) is 36.2 Å². The molecule has 0 bridgehead atoms. The van der Waals surface area contributed by atoms with Crippen LogP contribution in [-0.4, -0.2) is 86.1 Å². The number of β-amino-alcohol motifs (C(OH)–C–C–N with tert-alkyl or cyclic N) is 1. The maximum atomic E-state index is 10.6. The third kappa shape index (κ3) is 14.2. The summed E-state index contributed by atoms with van der Waals surface area (Å²) in [6.45, 7) is 4.58. The Morgan fingerprint density at radius 2 is 1.08 bits per heavy atom. The Morgan fingerprint density at radius 1 is 0.692 bits per heavy atom. The van der Waals surface area contributed by atoms with Gasteiger partial charge in [0.2, 0.25) is 0 Å². The summed E-state index contributed by atoms with van der Waals surface area (Å²) in [4.78, 5) is 4.93. The normalized spacial score (nSPS) is 15.5. The topological polar surface area (TPSA) is 135 Å². The van der Waals surface area contributed by atoms with E-state index in [0.29, 0.717) is 19.1 Å². The molecule has 0 aromatic heterocycles. The first-order chi connectivity index (χ1) is 18.2.